The predicted molar refractivity (Wildman–Crippen MR) is 109 cm³/mol. The van der Waals surface area contributed by atoms with Crippen molar-refractivity contribution < 1.29 is 14.0 Å². The van der Waals surface area contributed by atoms with Gasteiger partial charge in [-0.25, -0.2) is 4.98 Å². The second-order valence-electron chi connectivity index (χ2n) is 7.94. The van der Waals surface area contributed by atoms with Gasteiger partial charge in [0.1, 0.15) is 5.76 Å². The third-order valence-electron chi connectivity index (χ3n) is 5.77. The van der Waals surface area contributed by atoms with Crippen molar-refractivity contribution >= 4 is 11.8 Å². The van der Waals surface area contributed by atoms with E-state index in [0.717, 1.165) is 37.8 Å². The molecule has 2 atom stereocenters. The molecule has 7 heteroatoms. The lowest BCUT2D eigenvalue weighted by Crippen LogP contribution is -2.46. The second kappa shape index (κ2) is 8.78. The van der Waals surface area contributed by atoms with Crippen LogP contribution in [0, 0.1) is 12.8 Å². The maximum atomic E-state index is 13.1. The van der Waals surface area contributed by atoms with E-state index in [1.807, 2.05) is 35.2 Å². The van der Waals surface area contributed by atoms with Gasteiger partial charge in [-0.05, 0) is 57.2 Å². The maximum Gasteiger partial charge on any atom is 0.276 e. The van der Waals surface area contributed by atoms with Gasteiger partial charge in [-0.2, -0.15) is 0 Å². The molecular formula is C22H28N4O3. The topological polar surface area (TPSA) is 87.5 Å². The van der Waals surface area contributed by atoms with Gasteiger partial charge in [-0.3, -0.25) is 9.59 Å². The van der Waals surface area contributed by atoms with Gasteiger partial charge in [0, 0.05) is 25.2 Å². The van der Waals surface area contributed by atoms with E-state index < -0.39 is 0 Å². The first kappa shape index (κ1) is 19.6. The van der Waals surface area contributed by atoms with Crippen molar-refractivity contribution in [2.75, 3.05) is 26.2 Å². The number of piperidine rings is 1. The molecule has 0 bridgehead atoms. The van der Waals surface area contributed by atoms with Crippen LogP contribution in [0.25, 0.3) is 11.5 Å². The van der Waals surface area contributed by atoms with Gasteiger partial charge >= 0.3 is 0 Å². The van der Waals surface area contributed by atoms with Crippen molar-refractivity contribution in [1.82, 2.24) is 20.5 Å². The van der Waals surface area contributed by atoms with Gasteiger partial charge in [0.2, 0.25) is 11.8 Å². The molecule has 2 aliphatic rings. The Balaban J connectivity index is 1.37. The van der Waals surface area contributed by atoms with Crippen LogP contribution in [0.5, 0.6) is 0 Å². The van der Waals surface area contributed by atoms with Crippen LogP contribution in [0.1, 0.15) is 41.9 Å². The molecule has 0 aliphatic carbocycles. The number of rotatable bonds is 5. The Bertz CT molecular complexity index is 858. The standard InChI is InChI=1S/C22H28N4O3/c1-15-19(25-21(29-15)17-8-3-2-4-9-17)22(28)26-12-6-7-16(14-26)13-24-20(27)18-10-5-11-23-18/h2-4,8-9,16,18,23H,5-7,10-14H2,1H3,(H,24,27). The highest BCUT2D eigenvalue weighted by atomic mass is 16.4. The van der Waals surface area contributed by atoms with Gasteiger partial charge in [0.15, 0.2) is 5.69 Å². The minimum absolute atomic E-state index is 0.0643. The van der Waals surface area contributed by atoms with E-state index in [0.29, 0.717) is 37.0 Å². The molecule has 4 rings (SSSR count). The summed E-state index contributed by atoms with van der Waals surface area (Å²) in [5.74, 6) is 1.25. The number of likely N-dealkylation sites (tertiary alicyclic amines) is 1. The molecule has 0 radical (unpaired) electrons. The molecule has 2 aromatic rings. The minimum Gasteiger partial charge on any atom is -0.441 e. The summed E-state index contributed by atoms with van der Waals surface area (Å²) in [7, 11) is 0. The van der Waals surface area contributed by atoms with Gasteiger partial charge in [0.25, 0.3) is 5.91 Å². The third kappa shape index (κ3) is 4.50. The first-order valence-corrected chi connectivity index (χ1v) is 10.4. The Morgan fingerprint density at radius 2 is 2.07 bits per heavy atom. The van der Waals surface area contributed by atoms with Gasteiger partial charge in [-0.15, -0.1) is 0 Å². The quantitative estimate of drug-likeness (QED) is 0.810. The summed E-state index contributed by atoms with van der Waals surface area (Å²) in [6.45, 7) is 4.63. The highest BCUT2D eigenvalue weighted by Crippen LogP contribution is 2.24. The van der Waals surface area contributed by atoms with Gasteiger partial charge in [-0.1, -0.05) is 18.2 Å². The lowest BCUT2D eigenvalue weighted by molar-refractivity contribution is -0.123. The van der Waals surface area contributed by atoms with E-state index in [2.05, 4.69) is 15.6 Å². The van der Waals surface area contributed by atoms with Crippen molar-refractivity contribution in [1.29, 1.82) is 0 Å². The van der Waals surface area contributed by atoms with E-state index in [1.54, 1.807) is 6.92 Å². The molecule has 154 valence electrons. The molecule has 7 nitrogen and oxygen atoms in total. The summed E-state index contributed by atoms with van der Waals surface area (Å²) >= 11 is 0. The van der Waals surface area contributed by atoms with Gasteiger partial charge < -0.3 is 20.0 Å². The molecule has 2 aliphatic heterocycles. The summed E-state index contributed by atoms with van der Waals surface area (Å²) in [6.07, 6.45) is 3.88. The van der Waals surface area contributed by atoms with Crippen molar-refractivity contribution in [3.8, 4) is 11.5 Å². The van der Waals surface area contributed by atoms with Gasteiger partial charge in [0.05, 0.1) is 6.04 Å². The number of hydrogen-bond acceptors (Lipinski definition) is 5. The van der Waals surface area contributed by atoms with Crippen LogP contribution in [-0.4, -0.2) is 53.9 Å². The van der Waals surface area contributed by atoms with E-state index in [1.165, 1.54) is 0 Å². The molecule has 0 spiro atoms. The highest BCUT2D eigenvalue weighted by Gasteiger charge is 2.29. The van der Waals surface area contributed by atoms with E-state index in [-0.39, 0.29) is 23.8 Å². The zero-order chi connectivity index (χ0) is 20.2. The average Bonchev–Trinajstić information content (AvgIpc) is 3.42. The average molecular weight is 396 g/mol. The summed E-state index contributed by atoms with van der Waals surface area (Å²) in [5, 5.41) is 6.28. The van der Waals surface area contributed by atoms with Crippen molar-refractivity contribution in [2.24, 2.45) is 5.92 Å². The molecule has 0 saturated carbocycles. The fourth-order valence-corrected chi connectivity index (χ4v) is 4.14. The normalized spacial score (nSPS) is 21.9. The van der Waals surface area contributed by atoms with Crippen LogP contribution < -0.4 is 10.6 Å². The molecule has 1 aromatic heterocycles. The SMILES string of the molecule is Cc1oc(-c2ccccc2)nc1C(=O)N1CCCC(CNC(=O)C2CCCN2)C1. The van der Waals surface area contributed by atoms with E-state index in [9.17, 15) is 9.59 Å². The molecule has 2 amide bonds. The Labute approximate surface area is 170 Å². The van der Waals surface area contributed by atoms with Crippen LogP contribution in [0.15, 0.2) is 34.7 Å². The number of amides is 2. The lowest BCUT2D eigenvalue weighted by atomic mass is 9.97. The molecule has 2 saturated heterocycles. The number of benzene rings is 1. The molecule has 2 unspecified atom stereocenters. The number of nitrogens with one attached hydrogen (secondary N) is 2. The third-order valence-corrected chi connectivity index (χ3v) is 5.77. The molecule has 2 N–H and O–H groups in total. The lowest BCUT2D eigenvalue weighted by Gasteiger charge is -2.32. The minimum atomic E-state index is -0.0954. The Morgan fingerprint density at radius 1 is 1.24 bits per heavy atom. The van der Waals surface area contributed by atoms with Crippen molar-refractivity contribution in [2.45, 2.75) is 38.6 Å². The number of hydrogen-bond donors (Lipinski definition) is 2. The van der Waals surface area contributed by atoms with Crippen LogP contribution in [0.2, 0.25) is 0 Å². The number of aromatic nitrogens is 1. The molecule has 2 fully saturated rings. The first-order chi connectivity index (χ1) is 14.1. The van der Waals surface area contributed by atoms with Crippen LogP contribution in [-0.2, 0) is 4.79 Å². The van der Waals surface area contributed by atoms with Crippen LogP contribution >= 0.6 is 0 Å². The Kier molecular flexibility index (Phi) is 5.94. The Hall–Kier alpha value is -2.67. The fourth-order valence-electron chi connectivity index (χ4n) is 4.14. The molecule has 1 aromatic carbocycles. The zero-order valence-corrected chi connectivity index (χ0v) is 16.8. The number of aryl methyl sites for hydroxylation is 1. The van der Waals surface area contributed by atoms with E-state index in [4.69, 9.17) is 4.42 Å². The fraction of sp³-hybridized carbons (Fsp3) is 0.500. The number of carbonyl (C=O) groups is 2. The monoisotopic (exact) mass is 396 g/mol. The van der Waals surface area contributed by atoms with Crippen molar-refractivity contribution in [3.05, 3.63) is 41.8 Å². The summed E-state index contributed by atoms with van der Waals surface area (Å²) in [5.41, 5.74) is 1.23. The highest BCUT2D eigenvalue weighted by molar-refractivity contribution is 5.93. The first-order valence-electron chi connectivity index (χ1n) is 10.4. The summed E-state index contributed by atoms with van der Waals surface area (Å²) in [6, 6.07) is 9.53. The molecular weight excluding hydrogens is 368 g/mol. The van der Waals surface area contributed by atoms with E-state index >= 15 is 0 Å². The number of oxazole rings is 1. The maximum absolute atomic E-state index is 13.1. The number of nitrogens with zero attached hydrogens (tertiary/aromatic N) is 2. The molecule has 3 heterocycles. The second-order valence-corrected chi connectivity index (χ2v) is 7.94. The van der Waals surface area contributed by atoms with Crippen LogP contribution in [0.3, 0.4) is 0 Å². The van der Waals surface area contributed by atoms with Crippen LogP contribution in [0.4, 0.5) is 0 Å². The largest absolute Gasteiger partial charge is 0.441 e. The Morgan fingerprint density at radius 3 is 2.83 bits per heavy atom. The summed E-state index contributed by atoms with van der Waals surface area (Å²) in [4.78, 5) is 31.6. The van der Waals surface area contributed by atoms with Crippen molar-refractivity contribution in [3.63, 3.8) is 0 Å². The molecule has 29 heavy (non-hydrogen) atoms. The summed E-state index contributed by atoms with van der Waals surface area (Å²) < 4.78 is 5.75. The predicted octanol–water partition coefficient (Wildman–Crippen LogP) is 2.37. The zero-order valence-electron chi connectivity index (χ0n) is 16.8. The smallest absolute Gasteiger partial charge is 0.276 e. The number of carbonyl (C=O) groups excluding carboxylic acids is 2.